The first-order chi connectivity index (χ1) is 17.0. The molecule has 0 spiro atoms. The Morgan fingerprint density at radius 1 is 1.00 bits per heavy atom. The standard InChI is InChI=1S/C24H23N7O4/c32-22(28-12-10-27(11-13-28)15-18-6-2-1-3-7-18)16-29-17-25-23-19(24(29)33)14-26-30(23)20-8-4-5-9-21(20)31(34)35/h1-9,14,17H,10-13,15-16H2. The van der Waals surface area contributed by atoms with Crippen LogP contribution in [0.4, 0.5) is 5.69 Å². The molecule has 5 rings (SSSR count). The highest BCUT2D eigenvalue weighted by molar-refractivity contribution is 5.78. The van der Waals surface area contributed by atoms with Gasteiger partial charge in [-0.3, -0.25) is 29.2 Å². The number of nitrogens with zero attached hydrogens (tertiary/aromatic N) is 7. The number of nitro groups is 1. The molecule has 1 saturated heterocycles. The molecule has 3 heterocycles. The van der Waals surface area contributed by atoms with Gasteiger partial charge in [-0.05, 0) is 11.6 Å². The number of carbonyl (C=O) groups excluding carboxylic acids is 1. The van der Waals surface area contributed by atoms with Crippen LogP contribution in [0, 0.1) is 10.1 Å². The molecule has 0 unspecified atom stereocenters. The van der Waals surface area contributed by atoms with Gasteiger partial charge in [-0.1, -0.05) is 42.5 Å². The summed E-state index contributed by atoms with van der Waals surface area (Å²) in [7, 11) is 0. The zero-order valence-corrected chi connectivity index (χ0v) is 18.9. The first kappa shape index (κ1) is 22.4. The summed E-state index contributed by atoms with van der Waals surface area (Å²) in [6, 6.07) is 16.3. The number of piperazine rings is 1. The van der Waals surface area contributed by atoms with Gasteiger partial charge < -0.3 is 4.90 Å². The van der Waals surface area contributed by atoms with Crippen LogP contribution in [0.1, 0.15) is 5.56 Å². The maximum atomic E-state index is 13.0. The Hall–Kier alpha value is -4.38. The summed E-state index contributed by atoms with van der Waals surface area (Å²) in [5, 5.41) is 15.7. The van der Waals surface area contributed by atoms with E-state index in [0.29, 0.717) is 13.1 Å². The molecule has 0 atom stereocenters. The monoisotopic (exact) mass is 473 g/mol. The Labute approximate surface area is 200 Å². The van der Waals surface area contributed by atoms with Crippen molar-refractivity contribution in [1.29, 1.82) is 0 Å². The van der Waals surface area contributed by atoms with Crippen molar-refractivity contribution in [2.75, 3.05) is 26.2 Å². The van der Waals surface area contributed by atoms with E-state index in [0.717, 1.165) is 19.6 Å². The molecule has 2 aromatic carbocycles. The fourth-order valence-corrected chi connectivity index (χ4v) is 4.28. The molecule has 0 aliphatic carbocycles. The Kier molecular flexibility index (Phi) is 6.06. The van der Waals surface area contributed by atoms with E-state index in [9.17, 15) is 19.7 Å². The van der Waals surface area contributed by atoms with Crippen LogP contribution >= 0.6 is 0 Å². The van der Waals surface area contributed by atoms with Crippen molar-refractivity contribution in [3.05, 3.63) is 93.2 Å². The molecule has 0 N–H and O–H groups in total. The van der Waals surface area contributed by atoms with Crippen LogP contribution in [0.25, 0.3) is 16.7 Å². The number of amides is 1. The first-order valence-corrected chi connectivity index (χ1v) is 11.2. The Bertz CT molecular complexity index is 1440. The number of benzene rings is 2. The quantitative estimate of drug-likeness (QED) is 0.310. The second kappa shape index (κ2) is 9.47. The highest BCUT2D eigenvalue weighted by atomic mass is 16.6. The number of fused-ring (bicyclic) bond motifs is 1. The van der Waals surface area contributed by atoms with E-state index < -0.39 is 10.5 Å². The summed E-state index contributed by atoms with van der Waals surface area (Å²) in [6.07, 6.45) is 2.62. The van der Waals surface area contributed by atoms with Crippen LogP contribution in [0.5, 0.6) is 0 Å². The molecule has 0 radical (unpaired) electrons. The maximum absolute atomic E-state index is 13.0. The lowest BCUT2D eigenvalue weighted by molar-refractivity contribution is -0.384. The minimum absolute atomic E-state index is 0.128. The summed E-state index contributed by atoms with van der Waals surface area (Å²) in [5.74, 6) is -0.154. The second-order valence-electron chi connectivity index (χ2n) is 8.36. The van der Waals surface area contributed by atoms with Crippen molar-refractivity contribution >= 4 is 22.6 Å². The number of hydrogen-bond donors (Lipinski definition) is 0. The zero-order valence-electron chi connectivity index (χ0n) is 18.9. The van der Waals surface area contributed by atoms with Gasteiger partial charge in [0, 0.05) is 38.8 Å². The summed E-state index contributed by atoms with van der Waals surface area (Å²) in [5.41, 5.74) is 1.07. The van der Waals surface area contributed by atoms with Crippen LogP contribution in [-0.4, -0.2) is 66.1 Å². The first-order valence-electron chi connectivity index (χ1n) is 11.2. The molecule has 4 aromatic rings. The van der Waals surface area contributed by atoms with Crippen molar-refractivity contribution in [2.24, 2.45) is 0 Å². The third-order valence-electron chi connectivity index (χ3n) is 6.14. The van der Waals surface area contributed by atoms with Crippen LogP contribution in [-0.2, 0) is 17.9 Å². The largest absolute Gasteiger partial charge is 0.339 e. The topological polar surface area (TPSA) is 119 Å². The van der Waals surface area contributed by atoms with E-state index in [2.05, 4.69) is 27.1 Å². The van der Waals surface area contributed by atoms with E-state index in [1.165, 1.54) is 33.4 Å². The number of carbonyl (C=O) groups is 1. The minimum Gasteiger partial charge on any atom is -0.339 e. The average molecular weight is 473 g/mol. The maximum Gasteiger partial charge on any atom is 0.294 e. The number of para-hydroxylation sites is 2. The minimum atomic E-state index is -0.512. The number of nitro benzene ring substituents is 1. The second-order valence-corrected chi connectivity index (χ2v) is 8.36. The Morgan fingerprint density at radius 3 is 2.46 bits per heavy atom. The molecular formula is C24H23N7O4. The fraction of sp³-hybridized carbons (Fsp3) is 0.250. The van der Waals surface area contributed by atoms with Gasteiger partial charge in [0.2, 0.25) is 5.91 Å². The van der Waals surface area contributed by atoms with E-state index in [1.54, 1.807) is 23.1 Å². The molecule has 35 heavy (non-hydrogen) atoms. The molecule has 1 amide bonds. The molecule has 11 heteroatoms. The predicted molar refractivity (Wildman–Crippen MR) is 128 cm³/mol. The van der Waals surface area contributed by atoms with Gasteiger partial charge in [-0.2, -0.15) is 5.10 Å². The van der Waals surface area contributed by atoms with Crippen LogP contribution in [0.3, 0.4) is 0 Å². The van der Waals surface area contributed by atoms with Crippen molar-refractivity contribution in [1.82, 2.24) is 29.1 Å². The normalized spacial score (nSPS) is 14.3. The summed E-state index contributed by atoms with van der Waals surface area (Å²) in [4.78, 5) is 45.2. The van der Waals surface area contributed by atoms with Gasteiger partial charge in [0.15, 0.2) is 5.65 Å². The average Bonchev–Trinajstić information content (AvgIpc) is 3.31. The number of hydrogen-bond acceptors (Lipinski definition) is 7. The molecular weight excluding hydrogens is 450 g/mol. The molecule has 2 aromatic heterocycles. The Morgan fingerprint density at radius 2 is 1.71 bits per heavy atom. The molecule has 11 nitrogen and oxygen atoms in total. The van der Waals surface area contributed by atoms with Gasteiger partial charge in [-0.15, -0.1) is 0 Å². The lowest BCUT2D eigenvalue weighted by Crippen LogP contribution is -2.49. The summed E-state index contributed by atoms with van der Waals surface area (Å²) < 4.78 is 2.53. The molecule has 0 saturated carbocycles. The molecule has 1 aliphatic rings. The smallest absolute Gasteiger partial charge is 0.294 e. The van der Waals surface area contributed by atoms with Gasteiger partial charge >= 0.3 is 0 Å². The summed E-state index contributed by atoms with van der Waals surface area (Å²) >= 11 is 0. The predicted octanol–water partition coefficient (Wildman–Crippen LogP) is 1.83. The number of rotatable bonds is 6. The van der Waals surface area contributed by atoms with Crippen LogP contribution in [0.15, 0.2) is 71.9 Å². The van der Waals surface area contributed by atoms with Crippen molar-refractivity contribution in [2.45, 2.75) is 13.1 Å². The zero-order chi connectivity index (χ0) is 24.4. The van der Waals surface area contributed by atoms with Crippen molar-refractivity contribution in [3.8, 4) is 5.69 Å². The van der Waals surface area contributed by atoms with Gasteiger partial charge in [0.05, 0.1) is 11.1 Å². The van der Waals surface area contributed by atoms with Crippen molar-refractivity contribution in [3.63, 3.8) is 0 Å². The molecule has 1 fully saturated rings. The molecule has 0 bridgehead atoms. The lowest BCUT2D eigenvalue weighted by Gasteiger charge is -2.34. The van der Waals surface area contributed by atoms with E-state index in [-0.39, 0.29) is 34.9 Å². The number of aromatic nitrogens is 4. The SMILES string of the molecule is O=C(Cn1cnc2c(cnn2-c2ccccc2[N+](=O)[O-])c1=O)N1CCN(Cc2ccccc2)CC1. The Balaban J connectivity index is 1.29. The van der Waals surface area contributed by atoms with E-state index in [1.807, 2.05) is 18.2 Å². The van der Waals surface area contributed by atoms with E-state index in [4.69, 9.17) is 0 Å². The van der Waals surface area contributed by atoms with Crippen molar-refractivity contribution < 1.29 is 9.72 Å². The highest BCUT2D eigenvalue weighted by Gasteiger charge is 2.23. The van der Waals surface area contributed by atoms with Crippen LogP contribution in [0.2, 0.25) is 0 Å². The molecule has 1 aliphatic heterocycles. The third kappa shape index (κ3) is 4.53. The fourth-order valence-electron chi connectivity index (χ4n) is 4.28. The summed E-state index contributed by atoms with van der Waals surface area (Å²) in [6.45, 7) is 3.41. The van der Waals surface area contributed by atoms with E-state index >= 15 is 0 Å². The van der Waals surface area contributed by atoms with Gasteiger partial charge in [-0.25, -0.2) is 9.67 Å². The van der Waals surface area contributed by atoms with Crippen LogP contribution < -0.4 is 5.56 Å². The highest BCUT2D eigenvalue weighted by Crippen LogP contribution is 2.23. The van der Waals surface area contributed by atoms with Gasteiger partial charge in [0.25, 0.3) is 11.2 Å². The molecule has 178 valence electrons. The lowest BCUT2D eigenvalue weighted by atomic mass is 10.2. The third-order valence-corrected chi connectivity index (χ3v) is 6.14. The van der Waals surface area contributed by atoms with Gasteiger partial charge in [0.1, 0.15) is 23.9 Å².